The normalized spacial score (nSPS) is 13.8. The van der Waals surface area contributed by atoms with Crippen molar-refractivity contribution in [3.8, 4) is 5.75 Å². The van der Waals surface area contributed by atoms with E-state index in [-0.39, 0.29) is 12.1 Å². The molecule has 1 aliphatic rings. The number of nitrogens with zero attached hydrogens (tertiary/aromatic N) is 2. The summed E-state index contributed by atoms with van der Waals surface area (Å²) in [5.74, 6) is 0.822. The Morgan fingerprint density at radius 3 is 2.93 bits per heavy atom. The van der Waals surface area contributed by atoms with E-state index in [2.05, 4.69) is 37.6 Å². The highest BCUT2D eigenvalue weighted by molar-refractivity contribution is 5.90. The zero-order valence-corrected chi connectivity index (χ0v) is 17.1. The lowest BCUT2D eigenvalue weighted by molar-refractivity contribution is 0.248. The number of amides is 2. The second-order valence-corrected chi connectivity index (χ2v) is 7.55. The summed E-state index contributed by atoms with van der Waals surface area (Å²) in [7, 11) is 0. The van der Waals surface area contributed by atoms with Gasteiger partial charge in [0.25, 0.3) is 0 Å². The summed E-state index contributed by atoms with van der Waals surface area (Å²) >= 11 is 0. The highest BCUT2D eigenvalue weighted by atomic mass is 16.5. The Balaban J connectivity index is 1.34. The van der Waals surface area contributed by atoms with Crippen LogP contribution in [-0.4, -0.2) is 35.2 Å². The van der Waals surface area contributed by atoms with E-state index in [9.17, 15) is 4.79 Å². The van der Waals surface area contributed by atoms with Crippen LogP contribution in [0, 0.1) is 0 Å². The van der Waals surface area contributed by atoms with Gasteiger partial charge in [-0.25, -0.2) is 9.78 Å². The van der Waals surface area contributed by atoms with Crippen LogP contribution in [0.3, 0.4) is 0 Å². The zero-order chi connectivity index (χ0) is 20.8. The van der Waals surface area contributed by atoms with E-state index in [0.717, 1.165) is 42.2 Å². The number of aryl methyl sites for hydroxylation is 1. The van der Waals surface area contributed by atoms with Gasteiger partial charge >= 0.3 is 6.03 Å². The zero-order valence-electron chi connectivity index (χ0n) is 17.1. The number of rotatable bonds is 7. The molecule has 2 heterocycles. The SMILES string of the molecule is CC(CCc1ccccc1)NC(=O)Nc1ccc2c(c1)N(Cc1cnc[nH]1)CCO2. The van der Waals surface area contributed by atoms with Crippen LogP contribution in [0.15, 0.2) is 61.1 Å². The standard InChI is InChI=1S/C23H27N5O2/c1-17(7-8-18-5-3-2-4-6-18)26-23(29)27-19-9-10-22-21(13-19)28(11-12-30-22)15-20-14-24-16-25-20/h2-6,9-10,13-14,16-17H,7-8,11-12,15H2,1H3,(H,24,25)(H2,26,27,29). The molecular weight excluding hydrogens is 378 g/mol. The number of benzene rings is 2. The Morgan fingerprint density at radius 2 is 2.13 bits per heavy atom. The maximum Gasteiger partial charge on any atom is 0.319 e. The van der Waals surface area contributed by atoms with Crippen LogP contribution in [0.2, 0.25) is 0 Å². The molecule has 0 spiro atoms. The van der Waals surface area contributed by atoms with Crippen LogP contribution in [0.25, 0.3) is 0 Å². The van der Waals surface area contributed by atoms with Crippen molar-refractivity contribution in [1.29, 1.82) is 0 Å². The van der Waals surface area contributed by atoms with Crippen molar-refractivity contribution in [2.24, 2.45) is 0 Å². The molecule has 7 heteroatoms. The summed E-state index contributed by atoms with van der Waals surface area (Å²) in [6.45, 7) is 4.14. The molecule has 0 radical (unpaired) electrons. The van der Waals surface area contributed by atoms with Crippen molar-refractivity contribution < 1.29 is 9.53 Å². The van der Waals surface area contributed by atoms with E-state index in [4.69, 9.17) is 4.74 Å². The predicted octanol–water partition coefficient (Wildman–Crippen LogP) is 3.95. The fourth-order valence-corrected chi connectivity index (χ4v) is 3.58. The van der Waals surface area contributed by atoms with Gasteiger partial charge in [-0.2, -0.15) is 0 Å². The smallest absolute Gasteiger partial charge is 0.319 e. The number of aromatic amines is 1. The molecule has 2 amide bonds. The van der Waals surface area contributed by atoms with Crippen molar-refractivity contribution in [2.75, 3.05) is 23.4 Å². The lowest BCUT2D eigenvalue weighted by Gasteiger charge is -2.31. The van der Waals surface area contributed by atoms with Gasteiger partial charge in [0.1, 0.15) is 12.4 Å². The quantitative estimate of drug-likeness (QED) is 0.556. The minimum Gasteiger partial charge on any atom is -0.490 e. The van der Waals surface area contributed by atoms with Gasteiger partial charge in [0.15, 0.2) is 0 Å². The van der Waals surface area contributed by atoms with Crippen LogP contribution in [0.4, 0.5) is 16.2 Å². The van der Waals surface area contributed by atoms with Crippen molar-refractivity contribution in [3.05, 3.63) is 72.3 Å². The highest BCUT2D eigenvalue weighted by Gasteiger charge is 2.20. The highest BCUT2D eigenvalue weighted by Crippen LogP contribution is 2.34. The molecule has 1 aliphatic heterocycles. The summed E-state index contributed by atoms with van der Waals surface area (Å²) in [6.07, 6.45) is 5.31. The van der Waals surface area contributed by atoms with Crippen molar-refractivity contribution in [2.45, 2.75) is 32.4 Å². The third kappa shape index (κ3) is 5.11. The van der Waals surface area contributed by atoms with E-state index in [0.29, 0.717) is 13.2 Å². The first-order valence-electron chi connectivity index (χ1n) is 10.3. The second-order valence-electron chi connectivity index (χ2n) is 7.55. The summed E-state index contributed by atoms with van der Waals surface area (Å²) in [5, 5.41) is 5.97. The number of nitrogens with one attached hydrogen (secondary N) is 3. The molecule has 3 N–H and O–H groups in total. The number of hydrogen-bond acceptors (Lipinski definition) is 4. The van der Waals surface area contributed by atoms with Crippen molar-refractivity contribution in [3.63, 3.8) is 0 Å². The molecular formula is C23H27N5O2. The molecule has 156 valence electrons. The van der Waals surface area contributed by atoms with Crippen LogP contribution in [-0.2, 0) is 13.0 Å². The third-order valence-corrected chi connectivity index (χ3v) is 5.18. The molecule has 30 heavy (non-hydrogen) atoms. The Bertz CT molecular complexity index is 959. The van der Waals surface area contributed by atoms with Gasteiger partial charge in [0.05, 0.1) is 30.8 Å². The number of aromatic nitrogens is 2. The fourth-order valence-electron chi connectivity index (χ4n) is 3.58. The molecule has 0 bridgehead atoms. The maximum absolute atomic E-state index is 12.5. The number of fused-ring (bicyclic) bond motifs is 1. The Kier molecular flexibility index (Phi) is 6.17. The molecule has 1 unspecified atom stereocenters. The van der Waals surface area contributed by atoms with Crippen molar-refractivity contribution >= 4 is 17.4 Å². The minimum atomic E-state index is -0.202. The van der Waals surface area contributed by atoms with E-state index in [1.807, 2.05) is 49.5 Å². The van der Waals surface area contributed by atoms with Crippen LogP contribution in [0.5, 0.6) is 5.75 Å². The summed E-state index contributed by atoms with van der Waals surface area (Å²) in [4.78, 5) is 21.9. The van der Waals surface area contributed by atoms with Crippen LogP contribution >= 0.6 is 0 Å². The first kappa shape index (κ1) is 19.8. The average molecular weight is 406 g/mol. The van der Waals surface area contributed by atoms with Gasteiger partial charge in [0.2, 0.25) is 0 Å². The monoisotopic (exact) mass is 405 g/mol. The number of urea groups is 1. The molecule has 2 aromatic carbocycles. The molecule has 0 aliphatic carbocycles. The van der Waals surface area contributed by atoms with Gasteiger partial charge in [-0.05, 0) is 43.5 Å². The molecule has 3 aromatic rings. The molecule has 4 rings (SSSR count). The van der Waals surface area contributed by atoms with E-state index in [1.54, 1.807) is 6.33 Å². The van der Waals surface area contributed by atoms with Crippen molar-refractivity contribution in [1.82, 2.24) is 15.3 Å². The average Bonchev–Trinajstić information content (AvgIpc) is 3.26. The summed E-state index contributed by atoms with van der Waals surface area (Å²) < 4.78 is 5.78. The minimum absolute atomic E-state index is 0.0723. The molecule has 0 fully saturated rings. The van der Waals surface area contributed by atoms with E-state index < -0.39 is 0 Å². The number of anilines is 2. The van der Waals surface area contributed by atoms with Gasteiger partial charge in [-0.1, -0.05) is 30.3 Å². The van der Waals surface area contributed by atoms with Crippen LogP contribution in [0.1, 0.15) is 24.6 Å². The number of carbonyl (C=O) groups is 1. The number of imidazole rings is 1. The van der Waals surface area contributed by atoms with Crippen LogP contribution < -0.4 is 20.3 Å². The van der Waals surface area contributed by atoms with E-state index in [1.165, 1.54) is 5.56 Å². The second kappa shape index (κ2) is 9.35. The molecule has 0 saturated carbocycles. The topological polar surface area (TPSA) is 82.3 Å². The van der Waals surface area contributed by atoms with Gasteiger partial charge < -0.3 is 25.3 Å². The molecule has 1 aromatic heterocycles. The predicted molar refractivity (Wildman–Crippen MR) is 118 cm³/mol. The lowest BCUT2D eigenvalue weighted by atomic mass is 10.1. The molecule has 1 atom stereocenters. The van der Waals surface area contributed by atoms with E-state index >= 15 is 0 Å². The number of hydrogen-bond donors (Lipinski definition) is 3. The number of H-pyrrole nitrogens is 1. The van der Waals surface area contributed by atoms with Gasteiger partial charge in [0, 0.05) is 17.9 Å². The largest absolute Gasteiger partial charge is 0.490 e. The van der Waals surface area contributed by atoms with Gasteiger partial charge in [-0.3, -0.25) is 0 Å². The summed E-state index contributed by atoms with van der Waals surface area (Å²) in [5.41, 5.74) is 4.01. The first-order valence-corrected chi connectivity index (χ1v) is 10.3. The third-order valence-electron chi connectivity index (χ3n) is 5.18. The van der Waals surface area contributed by atoms with Gasteiger partial charge in [-0.15, -0.1) is 0 Å². The maximum atomic E-state index is 12.5. The number of carbonyl (C=O) groups excluding carboxylic acids is 1. The molecule has 0 saturated heterocycles. The lowest BCUT2D eigenvalue weighted by Crippen LogP contribution is -2.36. The Hall–Kier alpha value is -3.48. The Labute approximate surface area is 176 Å². The fraction of sp³-hybridized carbons (Fsp3) is 0.304. The Morgan fingerprint density at radius 1 is 1.27 bits per heavy atom. The molecule has 7 nitrogen and oxygen atoms in total. The summed E-state index contributed by atoms with van der Waals surface area (Å²) in [6, 6.07) is 15.9. The number of ether oxygens (including phenoxy) is 1. The first-order chi connectivity index (χ1) is 14.7.